The van der Waals surface area contributed by atoms with Gasteiger partial charge in [0.1, 0.15) is 5.41 Å². The molecule has 3 N–H and O–H groups in total. The smallest absolute Gasteiger partial charge is 0.846 e. The standard InChI is InChI=1S/C11H18N2O3.C6H14O2.Na/c1-4-6-7(3)11(5-2)8(14)12-10(16)13-9(11)15;1-5(7)4-6(2,3)8;/h7H,4-6H2,1-3H3,(H2,12,13,14,15,16);5,7-8H,4H2,1-3H3;/q;;+1/p-1. The maximum Gasteiger partial charge on any atom is 1.00 e. The van der Waals surface area contributed by atoms with Gasteiger partial charge in [0.25, 0.3) is 5.91 Å². The molecule has 8 heteroatoms. The number of hydrogen-bond donors (Lipinski definition) is 3. The third-order valence-electron chi connectivity index (χ3n) is 4.13. The molecule has 1 aliphatic heterocycles. The van der Waals surface area contributed by atoms with E-state index in [-0.39, 0.29) is 35.5 Å². The summed E-state index contributed by atoms with van der Waals surface area (Å²) in [6.07, 6.45) is 2.05. The molecule has 3 unspecified atom stereocenters. The number of amidine groups is 1. The Morgan fingerprint density at radius 2 is 1.80 bits per heavy atom. The van der Waals surface area contributed by atoms with Gasteiger partial charge in [-0.25, -0.2) is 4.99 Å². The Labute approximate surface area is 172 Å². The van der Waals surface area contributed by atoms with Crippen LogP contribution in [0.1, 0.15) is 67.2 Å². The van der Waals surface area contributed by atoms with Crippen LogP contribution < -0.4 is 40.0 Å². The topological polar surface area (TPSA) is 122 Å². The van der Waals surface area contributed by atoms with Crippen molar-refractivity contribution in [1.29, 1.82) is 0 Å². The summed E-state index contributed by atoms with van der Waals surface area (Å²) in [5, 5.41) is 30.8. The van der Waals surface area contributed by atoms with E-state index in [2.05, 4.69) is 10.3 Å². The van der Waals surface area contributed by atoms with Crippen LogP contribution in [0.4, 0.5) is 0 Å². The van der Waals surface area contributed by atoms with Gasteiger partial charge in [0.05, 0.1) is 17.7 Å². The number of aliphatic hydroxyl groups excluding tert-OH is 1. The van der Waals surface area contributed by atoms with Crippen LogP contribution in [-0.4, -0.2) is 39.8 Å². The van der Waals surface area contributed by atoms with Crippen molar-refractivity contribution in [2.75, 3.05) is 0 Å². The molecule has 1 rings (SSSR count). The van der Waals surface area contributed by atoms with E-state index >= 15 is 0 Å². The minimum absolute atomic E-state index is 0. The van der Waals surface area contributed by atoms with Crippen LogP contribution in [0.15, 0.2) is 4.99 Å². The number of nitrogens with zero attached hydrogens (tertiary/aromatic N) is 1. The minimum atomic E-state index is -1.15. The van der Waals surface area contributed by atoms with Crippen molar-refractivity contribution in [2.45, 2.75) is 78.9 Å². The summed E-state index contributed by atoms with van der Waals surface area (Å²) >= 11 is 0. The van der Waals surface area contributed by atoms with Crippen molar-refractivity contribution in [3.8, 4) is 0 Å². The number of carbonyl (C=O) groups excluding carboxylic acids is 2. The fourth-order valence-electron chi connectivity index (χ4n) is 3.02. The molecule has 1 heterocycles. The predicted molar refractivity (Wildman–Crippen MR) is 90.0 cm³/mol. The van der Waals surface area contributed by atoms with Gasteiger partial charge in [0.15, 0.2) is 0 Å². The second-order valence-corrected chi connectivity index (χ2v) is 7.06. The van der Waals surface area contributed by atoms with Crippen LogP contribution in [-0.2, 0) is 9.59 Å². The summed E-state index contributed by atoms with van der Waals surface area (Å²) in [5.41, 5.74) is -1.88. The molecule has 0 saturated heterocycles. The van der Waals surface area contributed by atoms with E-state index in [1.807, 2.05) is 13.8 Å². The number of nitrogens with one attached hydrogen (secondary N) is 1. The minimum Gasteiger partial charge on any atom is -0.846 e. The van der Waals surface area contributed by atoms with Crippen LogP contribution in [0.3, 0.4) is 0 Å². The maximum absolute atomic E-state index is 11.9. The number of hydrogen-bond acceptors (Lipinski definition) is 5. The van der Waals surface area contributed by atoms with E-state index < -0.39 is 35.0 Å². The van der Waals surface area contributed by atoms with Gasteiger partial charge in [-0.1, -0.05) is 27.2 Å². The van der Waals surface area contributed by atoms with Gasteiger partial charge in [-0.2, -0.15) is 0 Å². The van der Waals surface area contributed by atoms with E-state index in [0.29, 0.717) is 12.8 Å². The van der Waals surface area contributed by atoms with E-state index in [9.17, 15) is 14.7 Å². The molecule has 0 aromatic heterocycles. The summed E-state index contributed by atoms with van der Waals surface area (Å²) in [6.45, 7) is 10.6. The molecule has 0 aromatic carbocycles. The van der Waals surface area contributed by atoms with Crippen molar-refractivity contribution in [3.05, 3.63) is 0 Å². The van der Waals surface area contributed by atoms with Gasteiger partial charge >= 0.3 is 29.6 Å². The zero-order valence-electron chi connectivity index (χ0n) is 16.5. The van der Waals surface area contributed by atoms with Gasteiger partial charge in [0.2, 0.25) is 5.91 Å². The molecule has 0 bridgehead atoms. The van der Waals surface area contributed by atoms with E-state index in [0.717, 1.165) is 12.8 Å². The molecule has 0 spiro atoms. The summed E-state index contributed by atoms with van der Waals surface area (Å²) in [4.78, 5) is 27.1. The molecule has 0 aromatic rings. The van der Waals surface area contributed by atoms with E-state index in [1.54, 1.807) is 27.7 Å². The molecule has 140 valence electrons. The zero-order chi connectivity index (χ0) is 19.1. The van der Waals surface area contributed by atoms with Crippen LogP contribution in [0, 0.1) is 11.3 Å². The summed E-state index contributed by atoms with van der Waals surface area (Å²) < 4.78 is 0. The van der Waals surface area contributed by atoms with Crippen LogP contribution in [0.5, 0.6) is 0 Å². The largest absolute Gasteiger partial charge is 1.00 e. The Morgan fingerprint density at radius 1 is 1.28 bits per heavy atom. The average molecular weight is 366 g/mol. The fraction of sp³-hybridized carbons (Fsp3) is 0.824. The Balaban J connectivity index is 0. The molecule has 2 amide bonds. The SMILES string of the molecule is CC(O)CC(C)(C)O.CCCC(C)C1(CC)C(=O)N=C([O-])NC1=O.[Na+]. The normalized spacial score (nSPS) is 22.6. The number of carbonyl (C=O) groups is 2. The average Bonchev–Trinajstić information content (AvgIpc) is 2.36. The van der Waals surface area contributed by atoms with Crippen molar-refractivity contribution >= 4 is 17.8 Å². The first-order valence-electron chi connectivity index (χ1n) is 8.42. The van der Waals surface area contributed by atoms with Gasteiger partial charge in [0, 0.05) is 6.42 Å². The first kappa shape index (κ1) is 26.8. The van der Waals surface area contributed by atoms with Crippen molar-refractivity contribution < 1.29 is 54.5 Å². The van der Waals surface area contributed by atoms with Gasteiger partial charge in [-0.05, 0) is 39.5 Å². The molecule has 3 atom stereocenters. The van der Waals surface area contributed by atoms with Crippen LogP contribution in [0.25, 0.3) is 0 Å². The molecule has 0 fully saturated rings. The fourth-order valence-corrected chi connectivity index (χ4v) is 3.02. The second-order valence-electron chi connectivity index (χ2n) is 7.06. The number of aliphatic imine (C=N–C) groups is 1. The number of amides is 2. The molecular formula is C17H31N2NaO5. The van der Waals surface area contributed by atoms with E-state index in [4.69, 9.17) is 10.2 Å². The first-order chi connectivity index (χ1) is 10.9. The molecule has 0 saturated carbocycles. The monoisotopic (exact) mass is 366 g/mol. The Kier molecular flexibility index (Phi) is 12.1. The maximum atomic E-state index is 11.9. The molecular weight excluding hydrogens is 335 g/mol. The van der Waals surface area contributed by atoms with Gasteiger partial charge in [-0.3, -0.25) is 9.59 Å². The molecule has 1 aliphatic rings. The van der Waals surface area contributed by atoms with E-state index in [1.165, 1.54) is 0 Å². The van der Waals surface area contributed by atoms with Crippen molar-refractivity contribution in [1.82, 2.24) is 5.32 Å². The Bertz CT molecular complexity index is 474. The van der Waals surface area contributed by atoms with Gasteiger partial charge < -0.3 is 20.6 Å². The third-order valence-corrected chi connectivity index (χ3v) is 4.13. The summed E-state index contributed by atoms with van der Waals surface area (Å²) in [5.74, 6) is -1.20. The number of rotatable bonds is 6. The Hall–Kier alpha value is -0.470. The second kappa shape index (κ2) is 11.3. The molecule has 0 radical (unpaired) electrons. The molecule has 7 nitrogen and oxygen atoms in total. The predicted octanol–water partition coefficient (Wildman–Crippen LogP) is -2.28. The zero-order valence-corrected chi connectivity index (χ0v) is 18.5. The van der Waals surface area contributed by atoms with Crippen LogP contribution in [0.2, 0.25) is 0 Å². The van der Waals surface area contributed by atoms with Crippen LogP contribution >= 0.6 is 0 Å². The Morgan fingerprint density at radius 3 is 2.08 bits per heavy atom. The summed E-state index contributed by atoms with van der Waals surface area (Å²) in [7, 11) is 0. The van der Waals surface area contributed by atoms with Crippen molar-refractivity contribution in [3.63, 3.8) is 0 Å². The van der Waals surface area contributed by atoms with Gasteiger partial charge in [-0.15, -0.1) is 0 Å². The number of aliphatic hydroxyl groups is 2. The van der Waals surface area contributed by atoms with Crippen molar-refractivity contribution in [2.24, 2.45) is 16.3 Å². The first-order valence-corrected chi connectivity index (χ1v) is 8.42. The molecule has 25 heavy (non-hydrogen) atoms. The third kappa shape index (κ3) is 8.17. The molecule has 0 aliphatic carbocycles. The summed E-state index contributed by atoms with van der Waals surface area (Å²) in [6, 6.07) is -0.845. The quantitative estimate of drug-likeness (QED) is 0.361.